The monoisotopic (exact) mass is 261 g/mol. The van der Waals surface area contributed by atoms with Crippen molar-refractivity contribution in [3.8, 4) is 0 Å². The third-order valence-electron chi connectivity index (χ3n) is 1.44. The fourth-order valence-corrected chi connectivity index (χ4v) is 3.18. The molecule has 9 heavy (non-hydrogen) atoms. The molecule has 1 nitrogen and oxygen atoms in total. The first kappa shape index (κ1) is 6.73. The van der Waals surface area contributed by atoms with Gasteiger partial charge in [0.25, 0.3) is 0 Å². The zero-order valence-corrected chi connectivity index (χ0v) is 8.57. The van der Waals surface area contributed by atoms with Gasteiger partial charge in [-0.15, -0.1) is 0 Å². The quantitative estimate of drug-likeness (QED) is 0.659. The summed E-state index contributed by atoms with van der Waals surface area (Å²) in [5.41, 5.74) is 0.408. The Kier molecular flexibility index (Phi) is 2.22. The Balaban J connectivity index is 2.45. The molecule has 1 heterocycles. The van der Waals surface area contributed by atoms with E-state index in [0.717, 1.165) is 6.61 Å². The van der Waals surface area contributed by atoms with Crippen LogP contribution in [0.3, 0.4) is 0 Å². The molecule has 0 aliphatic carbocycles. The lowest BCUT2D eigenvalue weighted by Gasteiger charge is -2.29. The lowest BCUT2D eigenvalue weighted by molar-refractivity contribution is 0.172. The Hall–Kier alpha value is 1.04. The maximum absolute atomic E-state index is 7.32. The molecule has 1 aliphatic heterocycles. The van der Waals surface area contributed by atoms with E-state index in [9.17, 15) is 0 Å². The molecule has 1 saturated heterocycles. The fraction of sp³-hybridized carbons (Fsp3) is 1.00. The highest BCUT2D eigenvalue weighted by atomic mass is 127. The first-order chi connectivity index (χ1) is 4.67. The van der Waals surface area contributed by atoms with E-state index in [2.05, 4.69) is 27.5 Å². The van der Waals surface area contributed by atoms with Crippen LogP contribution in [-0.2, 0) is 4.74 Å². The highest BCUT2D eigenvalue weighted by molar-refractivity contribution is 14.2. The zero-order valence-electron chi connectivity index (χ0n) is 6.60. The van der Waals surface area contributed by atoms with E-state index >= 15 is 0 Å². The molecule has 3 heteroatoms. The Bertz CT molecular complexity index is 114. The zero-order chi connectivity index (χ0) is 7.61. The predicted molar refractivity (Wildman–Crippen MR) is 52.4 cm³/mol. The lowest BCUT2D eigenvalue weighted by atomic mass is 10.4. The molecule has 0 saturated carbocycles. The predicted octanol–water partition coefficient (Wildman–Crippen LogP) is 2.54. The van der Waals surface area contributed by atoms with Crippen molar-refractivity contribution >= 4 is 28.4 Å². The van der Waals surface area contributed by atoms with Gasteiger partial charge in [0, 0.05) is 7.98 Å². The van der Waals surface area contributed by atoms with Crippen molar-refractivity contribution in [3.05, 3.63) is 0 Å². The molecule has 0 aromatic rings. The molecule has 0 amide bonds. The highest BCUT2D eigenvalue weighted by Gasteiger charge is 2.25. The van der Waals surface area contributed by atoms with Crippen LogP contribution < -0.4 is 0 Å². The van der Waals surface area contributed by atoms with Gasteiger partial charge in [-0.3, -0.25) is 0 Å². The largest absolute Gasteiger partial charge is 0.368 e. The number of hydrogen-bond acceptors (Lipinski definition) is 1. The van der Waals surface area contributed by atoms with Gasteiger partial charge in [-0.2, -0.15) is 7.20 Å². The normalized spacial score (nSPS) is 39.3. The van der Waals surface area contributed by atoms with Gasteiger partial charge >= 0.3 is 0 Å². The summed E-state index contributed by atoms with van der Waals surface area (Å²) in [4.78, 5) is 0. The molecule has 1 fully saturated rings. The molecule has 0 aromatic carbocycles. The molecule has 2 unspecified atom stereocenters. The van der Waals surface area contributed by atoms with Gasteiger partial charge in [0.2, 0.25) is 0 Å². The van der Waals surface area contributed by atoms with Crippen LogP contribution >= 0.6 is 28.4 Å². The van der Waals surface area contributed by atoms with E-state index < -0.39 is 7.20 Å². The Labute approximate surface area is 71.8 Å². The third kappa shape index (κ3) is 2.27. The second-order valence-corrected chi connectivity index (χ2v) is 11.1. The van der Waals surface area contributed by atoms with Gasteiger partial charge in [0.15, 0.2) is 0 Å². The third-order valence-corrected chi connectivity index (χ3v) is 4.61. The first-order valence-electron chi connectivity index (χ1n) is 3.73. The summed E-state index contributed by atoms with van der Waals surface area (Å²) < 4.78 is 12.8. The summed E-state index contributed by atoms with van der Waals surface area (Å²) in [6, 6.07) is 0. The molecule has 0 N–H and O–H groups in total. The molecule has 56 valence electrons. The van der Waals surface area contributed by atoms with Crippen molar-refractivity contribution in [2.75, 3.05) is 19.1 Å². The SMILES string of the molecule is [2H]CS(C)(I)C1CCCO1. The van der Waals surface area contributed by atoms with Crippen LogP contribution in [0.2, 0.25) is 0 Å². The van der Waals surface area contributed by atoms with Crippen molar-refractivity contribution in [1.82, 2.24) is 0 Å². The van der Waals surface area contributed by atoms with Crippen LogP contribution in [0, 0.1) is 0 Å². The van der Waals surface area contributed by atoms with Crippen LogP contribution in [0.5, 0.6) is 0 Å². The van der Waals surface area contributed by atoms with E-state index in [1.165, 1.54) is 12.8 Å². The van der Waals surface area contributed by atoms with Gasteiger partial charge in [-0.05, 0) is 46.5 Å². The Morgan fingerprint density at radius 1 is 1.89 bits per heavy atom. The maximum atomic E-state index is 7.32. The summed E-state index contributed by atoms with van der Waals surface area (Å²) in [5, 5.41) is 0. The molecule has 0 radical (unpaired) electrons. The Morgan fingerprint density at radius 2 is 2.67 bits per heavy atom. The average molecular weight is 261 g/mol. The second-order valence-electron chi connectivity index (χ2n) is 2.49. The smallest absolute Gasteiger partial charge is 0.0952 e. The van der Waals surface area contributed by atoms with Crippen molar-refractivity contribution in [1.29, 1.82) is 0 Å². The summed E-state index contributed by atoms with van der Waals surface area (Å²) in [5.74, 6) is 0. The van der Waals surface area contributed by atoms with E-state index in [0.29, 0.717) is 11.7 Å². The molecule has 1 rings (SSSR count). The van der Waals surface area contributed by atoms with Crippen LogP contribution in [0.4, 0.5) is 0 Å². The van der Waals surface area contributed by atoms with Crippen molar-refractivity contribution in [2.45, 2.75) is 18.3 Å². The highest BCUT2D eigenvalue weighted by Crippen LogP contribution is 2.56. The minimum atomic E-state index is -0.783. The minimum Gasteiger partial charge on any atom is -0.368 e. The summed E-state index contributed by atoms with van der Waals surface area (Å²) in [6.07, 6.45) is 5.08. The molecule has 0 aromatic heterocycles. The standard InChI is InChI=1S/C6H13IOS/c1-9(2,7)6-4-3-5-8-6/h6H,3-5H2,1-2H3/i1D. The molecule has 0 bridgehead atoms. The van der Waals surface area contributed by atoms with Crippen LogP contribution in [-0.4, -0.2) is 24.5 Å². The Morgan fingerprint density at radius 3 is 3.11 bits per heavy atom. The summed E-state index contributed by atoms with van der Waals surface area (Å²) in [6.45, 7) is 0.913. The van der Waals surface area contributed by atoms with Gasteiger partial charge in [0.1, 0.15) is 0 Å². The number of rotatable bonds is 1. The van der Waals surface area contributed by atoms with E-state index in [1.54, 1.807) is 0 Å². The number of hydrogen-bond donors (Lipinski definition) is 0. The van der Waals surface area contributed by atoms with Gasteiger partial charge in [-0.25, -0.2) is 0 Å². The van der Waals surface area contributed by atoms with Crippen molar-refractivity contribution in [3.63, 3.8) is 0 Å². The molecular formula is C6H13IOS. The lowest BCUT2D eigenvalue weighted by Crippen LogP contribution is -2.08. The molecule has 1 aliphatic rings. The van der Waals surface area contributed by atoms with E-state index in [1.807, 2.05) is 0 Å². The minimum absolute atomic E-state index is 0.408. The van der Waals surface area contributed by atoms with Gasteiger partial charge < -0.3 is 4.74 Å². The molecule has 2 atom stereocenters. The fourth-order valence-electron chi connectivity index (χ4n) is 0.936. The van der Waals surface area contributed by atoms with E-state index in [4.69, 9.17) is 6.11 Å². The van der Waals surface area contributed by atoms with Crippen molar-refractivity contribution in [2.24, 2.45) is 0 Å². The topological polar surface area (TPSA) is 9.23 Å². The molecule has 0 spiro atoms. The van der Waals surface area contributed by atoms with Crippen LogP contribution in [0.25, 0.3) is 0 Å². The maximum Gasteiger partial charge on any atom is 0.0952 e. The summed E-state index contributed by atoms with van der Waals surface area (Å²) >= 11 is 2.41. The second kappa shape index (κ2) is 2.96. The summed E-state index contributed by atoms with van der Waals surface area (Å²) in [7, 11) is -0.783. The van der Waals surface area contributed by atoms with Crippen LogP contribution in [0.1, 0.15) is 14.2 Å². The van der Waals surface area contributed by atoms with E-state index in [-0.39, 0.29) is 0 Å². The van der Waals surface area contributed by atoms with Crippen LogP contribution in [0.15, 0.2) is 0 Å². The first-order valence-corrected chi connectivity index (χ1v) is 7.84. The van der Waals surface area contributed by atoms with Gasteiger partial charge in [-0.1, -0.05) is 0 Å². The average Bonchev–Trinajstić information content (AvgIpc) is 2.38. The van der Waals surface area contributed by atoms with Gasteiger partial charge in [0.05, 0.1) is 5.44 Å². The number of ether oxygens (including phenoxy) is 1. The number of halogens is 1. The van der Waals surface area contributed by atoms with Crippen molar-refractivity contribution < 1.29 is 6.11 Å². The molecular weight excluding hydrogens is 247 g/mol.